The summed E-state index contributed by atoms with van der Waals surface area (Å²) in [6.45, 7) is 0.181. The molecule has 156 valence electrons. The van der Waals surface area contributed by atoms with E-state index in [2.05, 4.69) is 15.0 Å². The van der Waals surface area contributed by atoms with Gasteiger partial charge in [0.2, 0.25) is 6.79 Å². The number of hydrogen-bond donors (Lipinski definition) is 2. The highest BCUT2D eigenvalue weighted by atomic mass is 32.2. The molecule has 1 aliphatic heterocycles. The molecule has 3 aromatic carbocycles. The van der Waals surface area contributed by atoms with Crippen LogP contribution in [0.3, 0.4) is 0 Å². The first kappa shape index (κ1) is 19.3. The number of aromatic nitrogens is 1. The van der Waals surface area contributed by atoms with E-state index in [1.54, 1.807) is 42.5 Å². The second-order valence-corrected chi connectivity index (χ2v) is 9.36. The number of sulfonamides is 1. The molecule has 0 saturated heterocycles. The molecule has 1 aliphatic rings. The van der Waals surface area contributed by atoms with Crippen LogP contribution in [0.4, 0.5) is 10.8 Å². The fourth-order valence-corrected chi connectivity index (χ4v) is 5.02. The van der Waals surface area contributed by atoms with E-state index >= 15 is 0 Å². The number of benzene rings is 3. The molecule has 1 aromatic heterocycles. The zero-order valence-corrected chi connectivity index (χ0v) is 17.5. The van der Waals surface area contributed by atoms with Gasteiger partial charge in [-0.15, -0.1) is 0 Å². The second kappa shape index (κ2) is 7.56. The summed E-state index contributed by atoms with van der Waals surface area (Å²) >= 11 is 1.31. The van der Waals surface area contributed by atoms with Crippen molar-refractivity contribution in [2.75, 3.05) is 16.8 Å². The standard InChI is InChI=1S/C21H15N3O5S2/c25-20(23-21-22-16-10-17-18(29-12-28-17)11-19(16)30-21)13-5-4-6-14(9-13)24-31(26,27)15-7-2-1-3-8-15/h1-11,24H,12H2,(H,22,23,25). The fraction of sp³-hybridized carbons (Fsp3) is 0.0476. The van der Waals surface area contributed by atoms with Gasteiger partial charge in [0.05, 0.1) is 15.1 Å². The molecule has 4 aromatic rings. The van der Waals surface area contributed by atoms with Crippen molar-refractivity contribution in [2.45, 2.75) is 4.90 Å². The molecule has 1 amide bonds. The first-order chi connectivity index (χ1) is 15.0. The average Bonchev–Trinajstić information content (AvgIpc) is 3.37. The van der Waals surface area contributed by atoms with Gasteiger partial charge in [0.1, 0.15) is 0 Å². The highest BCUT2D eigenvalue weighted by molar-refractivity contribution is 7.92. The lowest BCUT2D eigenvalue weighted by molar-refractivity contribution is 0.102. The van der Waals surface area contributed by atoms with Gasteiger partial charge in [-0.05, 0) is 30.3 Å². The summed E-state index contributed by atoms with van der Waals surface area (Å²) in [7, 11) is -3.75. The summed E-state index contributed by atoms with van der Waals surface area (Å²) in [4.78, 5) is 17.3. The molecule has 0 atom stereocenters. The monoisotopic (exact) mass is 453 g/mol. The van der Waals surface area contributed by atoms with Gasteiger partial charge in [-0.2, -0.15) is 0 Å². The van der Waals surface area contributed by atoms with Gasteiger partial charge in [-0.25, -0.2) is 13.4 Å². The average molecular weight is 454 g/mol. The number of carbonyl (C=O) groups is 1. The van der Waals surface area contributed by atoms with Crippen molar-refractivity contribution in [1.29, 1.82) is 0 Å². The Morgan fingerprint density at radius 3 is 2.55 bits per heavy atom. The maximum absolute atomic E-state index is 12.7. The number of carbonyl (C=O) groups excluding carboxylic acids is 1. The van der Waals surface area contributed by atoms with Crippen molar-refractivity contribution in [3.8, 4) is 11.5 Å². The van der Waals surface area contributed by atoms with Crippen molar-refractivity contribution in [3.05, 3.63) is 72.3 Å². The summed E-state index contributed by atoms with van der Waals surface area (Å²) in [5.41, 5.74) is 1.27. The van der Waals surface area contributed by atoms with Crippen LogP contribution in [0.2, 0.25) is 0 Å². The van der Waals surface area contributed by atoms with E-state index in [-0.39, 0.29) is 17.4 Å². The van der Waals surface area contributed by atoms with E-state index in [9.17, 15) is 13.2 Å². The summed E-state index contributed by atoms with van der Waals surface area (Å²) in [6, 6.07) is 17.9. The molecule has 2 N–H and O–H groups in total. The van der Waals surface area contributed by atoms with Gasteiger partial charge in [-0.1, -0.05) is 35.6 Å². The maximum atomic E-state index is 12.7. The maximum Gasteiger partial charge on any atom is 0.261 e. The summed E-state index contributed by atoms with van der Waals surface area (Å²) in [6.07, 6.45) is 0. The molecule has 0 fully saturated rings. The minimum atomic E-state index is -3.75. The number of ether oxygens (including phenoxy) is 2. The van der Waals surface area contributed by atoms with Crippen LogP contribution >= 0.6 is 11.3 Å². The third-order valence-electron chi connectivity index (χ3n) is 4.53. The van der Waals surface area contributed by atoms with Gasteiger partial charge in [-0.3, -0.25) is 14.8 Å². The Bertz CT molecular complexity index is 1360. The van der Waals surface area contributed by atoms with E-state index in [1.165, 1.54) is 29.5 Å². The second-order valence-electron chi connectivity index (χ2n) is 6.65. The highest BCUT2D eigenvalue weighted by Crippen LogP contribution is 2.39. The van der Waals surface area contributed by atoms with Crippen LogP contribution in [0.25, 0.3) is 10.2 Å². The molecule has 31 heavy (non-hydrogen) atoms. The first-order valence-electron chi connectivity index (χ1n) is 9.17. The van der Waals surface area contributed by atoms with Gasteiger partial charge in [0, 0.05) is 23.4 Å². The van der Waals surface area contributed by atoms with Crippen LogP contribution in [0.5, 0.6) is 11.5 Å². The molecule has 0 spiro atoms. The summed E-state index contributed by atoms with van der Waals surface area (Å²) < 4.78 is 39.1. The van der Waals surface area contributed by atoms with E-state index in [4.69, 9.17) is 9.47 Å². The number of thiazole rings is 1. The Hall–Kier alpha value is -3.63. The molecule has 8 nitrogen and oxygen atoms in total. The Balaban J connectivity index is 1.35. The predicted octanol–water partition coefficient (Wildman–Crippen LogP) is 4.08. The Morgan fingerprint density at radius 1 is 0.968 bits per heavy atom. The molecule has 0 radical (unpaired) electrons. The number of amides is 1. The minimum Gasteiger partial charge on any atom is -0.454 e. The molecule has 0 saturated carbocycles. The zero-order valence-electron chi connectivity index (χ0n) is 15.9. The molecule has 0 bridgehead atoms. The number of rotatable bonds is 5. The smallest absolute Gasteiger partial charge is 0.261 e. The lowest BCUT2D eigenvalue weighted by Gasteiger charge is -2.09. The quantitative estimate of drug-likeness (QED) is 0.472. The van der Waals surface area contributed by atoms with Crippen LogP contribution in [0.15, 0.2) is 71.6 Å². The third kappa shape index (κ3) is 3.90. The molecule has 0 unspecified atom stereocenters. The van der Waals surface area contributed by atoms with Gasteiger partial charge >= 0.3 is 0 Å². The number of nitrogens with one attached hydrogen (secondary N) is 2. The number of fused-ring (bicyclic) bond motifs is 2. The van der Waals surface area contributed by atoms with E-state index in [0.29, 0.717) is 27.7 Å². The minimum absolute atomic E-state index is 0.138. The molecule has 0 aliphatic carbocycles. The normalized spacial score (nSPS) is 12.6. The Morgan fingerprint density at radius 2 is 1.74 bits per heavy atom. The van der Waals surface area contributed by atoms with Crippen molar-refractivity contribution < 1.29 is 22.7 Å². The molecular formula is C21H15N3O5S2. The zero-order chi connectivity index (χ0) is 21.4. The fourth-order valence-electron chi connectivity index (χ4n) is 3.08. The van der Waals surface area contributed by atoms with Gasteiger partial charge in [0.15, 0.2) is 16.6 Å². The summed E-state index contributed by atoms with van der Waals surface area (Å²) in [5, 5.41) is 3.17. The van der Waals surface area contributed by atoms with Crippen molar-refractivity contribution >= 4 is 48.3 Å². The third-order valence-corrected chi connectivity index (χ3v) is 6.86. The molecule has 2 heterocycles. The number of nitrogens with zero attached hydrogens (tertiary/aromatic N) is 1. The molecule has 5 rings (SSSR count). The van der Waals surface area contributed by atoms with Crippen molar-refractivity contribution in [1.82, 2.24) is 4.98 Å². The van der Waals surface area contributed by atoms with Crippen LogP contribution in [-0.2, 0) is 10.0 Å². The Kier molecular flexibility index (Phi) is 4.72. The van der Waals surface area contributed by atoms with Crippen molar-refractivity contribution in [3.63, 3.8) is 0 Å². The number of hydrogen-bond acceptors (Lipinski definition) is 7. The molecular weight excluding hydrogens is 438 g/mol. The topological polar surface area (TPSA) is 107 Å². The van der Waals surface area contributed by atoms with Crippen LogP contribution in [0.1, 0.15) is 10.4 Å². The first-order valence-corrected chi connectivity index (χ1v) is 11.5. The van der Waals surface area contributed by atoms with E-state index in [0.717, 1.165) is 4.70 Å². The largest absolute Gasteiger partial charge is 0.454 e. The SMILES string of the molecule is O=C(Nc1nc2cc3c(cc2s1)OCO3)c1cccc(NS(=O)(=O)c2ccccc2)c1. The highest BCUT2D eigenvalue weighted by Gasteiger charge is 2.18. The Labute approximate surface area is 181 Å². The lowest BCUT2D eigenvalue weighted by atomic mass is 10.2. The van der Waals surface area contributed by atoms with E-state index < -0.39 is 15.9 Å². The van der Waals surface area contributed by atoms with Crippen molar-refractivity contribution in [2.24, 2.45) is 0 Å². The predicted molar refractivity (Wildman–Crippen MR) is 117 cm³/mol. The van der Waals surface area contributed by atoms with Crippen LogP contribution < -0.4 is 19.5 Å². The van der Waals surface area contributed by atoms with Crippen LogP contribution in [0, 0.1) is 0 Å². The number of anilines is 2. The van der Waals surface area contributed by atoms with Gasteiger partial charge in [0.25, 0.3) is 15.9 Å². The summed E-state index contributed by atoms with van der Waals surface area (Å²) in [5.74, 6) is 0.862. The van der Waals surface area contributed by atoms with Crippen LogP contribution in [-0.4, -0.2) is 26.1 Å². The van der Waals surface area contributed by atoms with E-state index in [1.807, 2.05) is 6.07 Å². The lowest BCUT2D eigenvalue weighted by Crippen LogP contribution is -2.15. The van der Waals surface area contributed by atoms with Gasteiger partial charge < -0.3 is 9.47 Å². The molecule has 10 heteroatoms.